The molecule has 1 aliphatic rings. The second kappa shape index (κ2) is 8.51. The summed E-state index contributed by atoms with van der Waals surface area (Å²) in [6.45, 7) is 7.30. The molecule has 1 aliphatic heterocycles. The maximum atomic E-state index is 12.4. The molecule has 0 fully saturated rings. The van der Waals surface area contributed by atoms with Gasteiger partial charge in [0.05, 0.1) is 29.5 Å². The standard InChI is InChI=1S/C19H24N2O5/c1-5-14-16(18(23)25-6-2)15(21-19(24)20-14)10-26-17(22)13-8-7-11(3)9-12(13)4/h7-9,14H,5-6,10H2,1-4H3,(H2,20,21,24)/t14-/m0/s1. The summed E-state index contributed by atoms with van der Waals surface area (Å²) in [5, 5.41) is 5.22. The minimum absolute atomic E-state index is 0.211. The molecule has 1 aromatic rings. The minimum atomic E-state index is -0.538. The Balaban J connectivity index is 2.23. The van der Waals surface area contributed by atoms with Gasteiger partial charge in [0.2, 0.25) is 0 Å². The molecule has 0 unspecified atom stereocenters. The summed E-state index contributed by atoms with van der Waals surface area (Å²) in [6, 6.07) is 4.48. The summed E-state index contributed by atoms with van der Waals surface area (Å²) in [4.78, 5) is 36.5. The zero-order valence-electron chi connectivity index (χ0n) is 15.5. The second-order valence-corrected chi connectivity index (χ2v) is 6.07. The quantitative estimate of drug-likeness (QED) is 0.760. The summed E-state index contributed by atoms with van der Waals surface area (Å²) < 4.78 is 10.4. The number of hydrogen-bond donors (Lipinski definition) is 2. The maximum absolute atomic E-state index is 12.4. The summed E-state index contributed by atoms with van der Waals surface area (Å²) in [7, 11) is 0. The van der Waals surface area contributed by atoms with Crippen LogP contribution in [0.3, 0.4) is 0 Å². The van der Waals surface area contributed by atoms with Crippen molar-refractivity contribution in [1.82, 2.24) is 10.6 Å². The van der Waals surface area contributed by atoms with E-state index < -0.39 is 24.0 Å². The van der Waals surface area contributed by atoms with Crippen molar-refractivity contribution in [3.8, 4) is 0 Å². The SMILES string of the molecule is CCOC(=O)C1=C(COC(=O)c2ccc(C)cc2C)NC(=O)N[C@H]1CC. The van der Waals surface area contributed by atoms with E-state index in [9.17, 15) is 14.4 Å². The second-order valence-electron chi connectivity index (χ2n) is 6.07. The van der Waals surface area contributed by atoms with Crippen LogP contribution in [0.1, 0.15) is 41.8 Å². The van der Waals surface area contributed by atoms with E-state index in [1.807, 2.05) is 32.9 Å². The molecule has 1 aromatic carbocycles. The van der Waals surface area contributed by atoms with Crippen LogP contribution in [0.5, 0.6) is 0 Å². The lowest BCUT2D eigenvalue weighted by atomic mass is 10.0. The normalized spacial score (nSPS) is 16.6. The number of aryl methyl sites for hydroxylation is 2. The van der Waals surface area contributed by atoms with Gasteiger partial charge in [0.15, 0.2) is 0 Å². The average molecular weight is 360 g/mol. The van der Waals surface area contributed by atoms with E-state index in [1.165, 1.54) is 0 Å². The van der Waals surface area contributed by atoms with Crippen molar-refractivity contribution in [3.63, 3.8) is 0 Å². The van der Waals surface area contributed by atoms with Crippen LogP contribution >= 0.6 is 0 Å². The van der Waals surface area contributed by atoms with Crippen molar-refractivity contribution in [2.75, 3.05) is 13.2 Å². The summed E-state index contributed by atoms with van der Waals surface area (Å²) in [6.07, 6.45) is 0.510. The summed E-state index contributed by atoms with van der Waals surface area (Å²) >= 11 is 0. The topological polar surface area (TPSA) is 93.7 Å². The lowest BCUT2D eigenvalue weighted by Gasteiger charge is -2.28. The zero-order chi connectivity index (χ0) is 19.3. The fourth-order valence-electron chi connectivity index (χ4n) is 2.83. The van der Waals surface area contributed by atoms with Gasteiger partial charge in [-0.2, -0.15) is 0 Å². The molecule has 0 bridgehead atoms. The number of urea groups is 1. The first-order valence-electron chi connectivity index (χ1n) is 8.59. The Morgan fingerprint density at radius 3 is 2.46 bits per heavy atom. The van der Waals surface area contributed by atoms with Gasteiger partial charge in [0, 0.05) is 0 Å². The van der Waals surface area contributed by atoms with Gasteiger partial charge < -0.3 is 20.1 Å². The molecular formula is C19H24N2O5. The van der Waals surface area contributed by atoms with Crippen LogP contribution in [-0.4, -0.2) is 37.2 Å². The van der Waals surface area contributed by atoms with E-state index in [4.69, 9.17) is 9.47 Å². The lowest BCUT2D eigenvalue weighted by Crippen LogP contribution is -2.51. The molecule has 2 rings (SSSR count). The van der Waals surface area contributed by atoms with E-state index in [2.05, 4.69) is 10.6 Å². The number of ether oxygens (including phenoxy) is 2. The number of carbonyl (C=O) groups is 3. The fourth-order valence-corrected chi connectivity index (χ4v) is 2.83. The molecule has 0 radical (unpaired) electrons. The van der Waals surface area contributed by atoms with Gasteiger partial charge in [-0.3, -0.25) is 0 Å². The molecule has 2 amide bonds. The Morgan fingerprint density at radius 1 is 1.12 bits per heavy atom. The predicted octanol–water partition coefficient (Wildman–Crippen LogP) is 2.37. The van der Waals surface area contributed by atoms with Crippen molar-refractivity contribution in [2.24, 2.45) is 0 Å². The highest BCUT2D eigenvalue weighted by atomic mass is 16.5. The van der Waals surface area contributed by atoms with Gasteiger partial charge in [-0.25, -0.2) is 14.4 Å². The largest absolute Gasteiger partial charge is 0.463 e. The minimum Gasteiger partial charge on any atom is -0.463 e. The molecular weight excluding hydrogens is 336 g/mol. The molecule has 1 atom stereocenters. The molecule has 0 aromatic heterocycles. The van der Waals surface area contributed by atoms with E-state index in [0.717, 1.165) is 11.1 Å². The lowest BCUT2D eigenvalue weighted by molar-refractivity contribution is -0.139. The molecule has 140 valence electrons. The van der Waals surface area contributed by atoms with Crippen LogP contribution in [0, 0.1) is 13.8 Å². The number of benzene rings is 1. The number of rotatable bonds is 6. The molecule has 26 heavy (non-hydrogen) atoms. The highest BCUT2D eigenvalue weighted by Crippen LogP contribution is 2.18. The number of carbonyl (C=O) groups excluding carboxylic acids is 3. The third-order valence-corrected chi connectivity index (χ3v) is 4.10. The first-order valence-corrected chi connectivity index (χ1v) is 8.59. The van der Waals surface area contributed by atoms with Gasteiger partial charge in [-0.1, -0.05) is 24.6 Å². The highest BCUT2D eigenvalue weighted by Gasteiger charge is 2.32. The van der Waals surface area contributed by atoms with Gasteiger partial charge in [-0.15, -0.1) is 0 Å². The Bertz CT molecular complexity index is 754. The van der Waals surface area contributed by atoms with Crippen molar-refractivity contribution in [1.29, 1.82) is 0 Å². The van der Waals surface area contributed by atoms with Gasteiger partial charge in [0.1, 0.15) is 6.61 Å². The Morgan fingerprint density at radius 2 is 1.85 bits per heavy atom. The van der Waals surface area contributed by atoms with E-state index in [-0.39, 0.29) is 24.5 Å². The molecule has 1 heterocycles. The number of hydrogen-bond acceptors (Lipinski definition) is 5. The maximum Gasteiger partial charge on any atom is 0.338 e. The van der Waals surface area contributed by atoms with Crippen LogP contribution in [0.25, 0.3) is 0 Å². The van der Waals surface area contributed by atoms with E-state index in [1.54, 1.807) is 13.0 Å². The molecule has 0 saturated heterocycles. The predicted molar refractivity (Wildman–Crippen MR) is 95.6 cm³/mol. The monoisotopic (exact) mass is 360 g/mol. The Hall–Kier alpha value is -2.83. The zero-order valence-corrected chi connectivity index (χ0v) is 15.5. The van der Waals surface area contributed by atoms with Crippen LogP contribution < -0.4 is 10.6 Å². The van der Waals surface area contributed by atoms with E-state index >= 15 is 0 Å². The Labute approximate surface area is 152 Å². The third-order valence-electron chi connectivity index (χ3n) is 4.10. The van der Waals surface area contributed by atoms with Crippen LogP contribution in [-0.2, 0) is 14.3 Å². The number of esters is 2. The molecule has 0 spiro atoms. The summed E-state index contributed by atoms with van der Waals surface area (Å²) in [5.41, 5.74) is 2.82. The fraction of sp³-hybridized carbons (Fsp3) is 0.421. The molecule has 7 heteroatoms. The number of amides is 2. The molecule has 7 nitrogen and oxygen atoms in total. The van der Waals surface area contributed by atoms with Crippen molar-refractivity contribution in [2.45, 2.75) is 40.2 Å². The summed E-state index contributed by atoms with van der Waals surface area (Å²) in [5.74, 6) is -1.05. The van der Waals surface area contributed by atoms with Gasteiger partial charge >= 0.3 is 18.0 Å². The van der Waals surface area contributed by atoms with Crippen molar-refractivity contribution < 1.29 is 23.9 Å². The van der Waals surface area contributed by atoms with E-state index in [0.29, 0.717) is 12.0 Å². The molecule has 0 aliphatic carbocycles. The number of nitrogens with one attached hydrogen (secondary N) is 2. The smallest absolute Gasteiger partial charge is 0.338 e. The highest BCUT2D eigenvalue weighted by molar-refractivity contribution is 5.95. The van der Waals surface area contributed by atoms with Gasteiger partial charge in [-0.05, 0) is 38.8 Å². The first kappa shape index (κ1) is 19.5. The molecule has 2 N–H and O–H groups in total. The van der Waals surface area contributed by atoms with Crippen molar-refractivity contribution in [3.05, 3.63) is 46.2 Å². The van der Waals surface area contributed by atoms with Crippen LogP contribution in [0.4, 0.5) is 4.79 Å². The Kier molecular flexibility index (Phi) is 6.38. The van der Waals surface area contributed by atoms with Crippen LogP contribution in [0.15, 0.2) is 29.5 Å². The van der Waals surface area contributed by atoms with Crippen LogP contribution in [0.2, 0.25) is 0 Å². The van der Waals surface area contributed by atoms with Crippen molar-refractivity contribution >= 4 is 18.0 Å². The third kappa shape index (κ3) is 4.41. The molecule has 0 saturated carbocycles. The first-order chi connectivity index (χ1) is 12.4. The van der Waals surface area contributed by atoms with Gasteiger partial charge in [0.25, 0.3) is 0 Å². The average Bonchev–Trinajstić information content (AvgIpc) is 2.59.